The van der Waals surface area contributed by atoms with Crippen molar-refractivity contribution in [2.24, 2.45) is 0 Å². The van der Waals surface area contributed by atoms with Crippen LogP contribution in [0.4, 0.5) is 0 Å². The molecule has 1 rings (SSSR count). The second-order valence-corrected chi connectivity index (χ2v) is 3.66. The van der Waals surface area contributed by atoms with Crippen molar-refractivity contribution in [2.45, 2.75) is 34.1 Å². The maximum atomic E-state index is 3.67. The van der Waals surface area contributed by atoms with Crippen molar-refractivity contribution in [1.29, 1.82) is 0 Å². The topological polar surface area (TPSA) is 0 Å². The van der Waals surface area contributed by atoms with Crippen LogP contribution in [0.1, 0.15) is 38.3 Å². The number of allylic oxidation sites excluding steroid dienone is 3. The smallest absolute Gasteiger partial charge is 0.0227 e. The third-order valence-electron chi connectivity index (χ3n) is 1.87. The highest BCUT2D eigenvalue weighted by Gasteiger charge is 1.92. The Morgan fingerprint density at radius 2 is 1.67 bits per heavy atom. The Labute approximate surface area is 94.3 Å². The molecule has 0 nitrogen and oxygen atoms in total. The van der Waals surface area contributed by atoms with E-state index in [1.54, 1.807) is 0 Å². The van der Waals surface area contributed by atoms with E-state index in [-0.39, 0.29) is 0 Å². The van der Waals surface area contributed by atoms with E-state index in [0.717, 1.165) is 0 Å². The highest BCUT2D eigenvalue weighted by atomic mass is 14.0. The lowest BCUT2D eigenvalue weighted by Gasteiger charge is -2.00. The Balaban J connectivity index is 0.000000583. The molecule has 0 aliphatic rings. The SMILES string of the molecule is C=C/C=C(\C)c1ccc(C)cc1.CCC. The third-order valence-corrected chi connectivity index (χ3v) is 1.87. The van der Waals surface area contributed by atoms with E-state index in [1.807, 2.05) is 12.2 Å². The van der Waals surface area contributed by atoms with E-state index >= 15 is 0 Å². The highest BCUT2D eigenvalue weighted by molar-refractivity contribution is 5.65. The Hall–Kier alpha value is -1.30. The van der Waals surface area contributed by atoms with Crippen LogP contribution in [-0.4, -0.2) is 0 Å². The van der Waals surface area contributed by atoms with Crippen molar-refractivity contribution in [3.8, 4) is 0 Å². The predicted octanol–water partition coefficient (Wildman–Crippen LogP) is 5.00. The first-order valence-corrected chi connectivity index (χ1v) is 5.52. The quantitative estimate of drug-likeness (QED) is 0.592. The third kappa shape index (κ3) is 5.90. The van der Waals surface area contributed by atoms with E-state index < -0.39 is 0 Å². The molecule has 0 fully saturated rings. The fraction of sp³-hybridized carbons (Fsp3) is 0.333. The molecule has 0 radical (unpaired) electrons. The van der Waals surface area contributed by atoms with E-state index in [0.29, 0.717) is 0 Å². The molecular weight excluding hydrogens is 180 g/mol. The van der Waals surface area contributed by atoms with Crippen LogP contribution >= 0.6 is 0 Å². The maximum absolute atomic E-state index is 3.67. The van der Waals surface area contributed by atoms with Crippen molar-refractivity contribution in [3.63, 3.8) is 0 Å². The molecule has 0 aromatic heterocycles. The minimum atomic E-state index is 1.25. The van der Waals surface area contributed by atoms with Gasteiger partial charge in [0.25, 0.3) is 0 Å². The van der Waals surface area contributed by atoms with Gasteiger partial charge in [-0.3, -0.25) is 0 Å². The molecule has 15 heavy (non-hydrogen) atoms. The van der Waals surface area contributed by atoms with Crippen LogP contribution in [0.25, 0.3) is 5.57 Å². The lowest BCUT2D eigenvalue weighted by molar-refractivity contribution is 1.09. The fourth-order valence-corrected chi connectivity index (χ4v) is 1.09. The molecule has 0 saturated heterocycles. The van der Waals surface area contributed by atoms with Crippen LogP contribution in [0.15, 0.2) is 43.0 Å². The van der Waals surface area contributed by atoms with Crippen LogP contribution < -0.4 is 0 Å². The first kappa shape index (κ1) is 13.7. The summed E-state index contributed by atoms with van der Waals surface area (Å²) in [5.41, 5.74) is 3.82. The number of aryl methyl sites for hydroxylation is 1. The first-order chi connectivity index (χ1) is 7.15. The van der Waals surface area contributed by atoms with Gasteiger partial charge < -0.3 is 0 Å². The van der Waals surface area contributed by atoms with Crippen LogP contribution in [0.3, 0.4) is 0 Å². The second-order valence-electron chi connectivity index (χ2n) is 3.66. The maximum Gasteiger partial charge on any atom is -0.0227 e. The summed E-state index contributed by atoms with van der Waals surface area (Å²) in [4.78, 5) is 0. The average Bonchev–Trinajstić information content (AvgIpc) is 2.20. The monoisotopic (exact) mass is 202 g/mol. The molecule has 0 heterocycles. The average molecular weight is 202 g/mol. The molecule has 0 saturated carbocycles. The summed E-state index contributed by atoms with van der Waals surface area (Å²) in [6.45, 7) is 12.1. The summed E-state index contributed by atoms with van der Waals surface area (Å²) in [6.07, 6.45) is 5.08. The molecule has 0 aliphatic heterocycles. The predicted molar refractivity (Wildman–Crippen MR) is 71.0 cm³/mol. The summed E-state index contributed by atoms with van der Waals surface area (Å²) in [6, 6.07) is 8.50. The van der Waals surface area contributed by atoms with Gasteiger partial charge in [0.2, 0.25) is 0 Å². The summed E-state index contributed by atoms with van der Waals surface area (Å²) < 4.78 is 0. The van der Waals surface area contributed by atoms with Crippen LogP contribution in [0.5, 0.6) is 0 Å². The van der Waals surface area contributed by atoms with Gasteiger partial charge in [0.05, 0.1) is 0 Å². The first-order valence-electron chi connectivity index (χ1n) is 5.52. The van der Waals surface area contributed by atoms with E-state index in [9.17, 15) is 0 Å². The highest BCUT2D eigenvalue weighted by Crippen LogP contribution is 2.13. The molecule has 1 aromatic carbocycles. The van der Waals surface area contributed by atoms with Gasteiger partial charge in [0.1, 0.15) is 0 Å². The largest absolute Gasteiger partial charge is 0.0991 e. The molecular formula is C15H22. The molecule has 0 unspecified atom stereocenters. The lowest BCUT2D eigenvalue weighted by Crippen LogP contribution is -1.78. The van der Waals surface area contributed by atoms with Gasteiger partial charge in [-0.2, -0.15) is 0 Å². The minimum Gasteiger partial charge on any atom is -0.0991 e. The van der Waals surface area contributed by atoms with Crippen molar-refractivity contribution in [1.82, 2.24) is 0 Å². The van der Waals surface area contributed by atoms with Crippen LogP contribution in [0.2, 0.25) is 0 Å². The molecule has 0 atom stereocenters. The standard InChI is InChI=1S/C12H14.C3H8/c1-4-5-11(3)12-8-6-10(2)7-9-12;1-3-2/h4-9H,1H2,2-3H3;3H2,1-2H3/b11-5+;. The van der Waals surface area contributed by atoms with E-state index in [1.165, 1.54) is 23.1 Å². The van der Waals surface area contributed by atoms with Gasteiger partial charge >= 0.3 is 0 Å². The van der Waals surface area contributed by atoms with Crippen molar-refractivity contribution in [2.75, 3.05) is 0 Å². The Morgan fingerprint density at radius 3 is 2.07 bits per heavy atom. The van der Waals surface area contributed by atoms with Crippen molar-refractivity contribution in [3.05, 3.63) is 54.1 Å². The fourth-order valence-electron chi connectivity index (χ4n) is 1.09. The molecule has 0 spiro atoms. The normalized spacial score (nSPS) is 10.3. The number of rotatable bonds is 2. The number of hydrogen-bond donors (Lipinski definition) is 0. The molecule has 1 aromatic rings. The molecule has 0 heteroatoms. The summed E-state index contributed by atoms with van der Waals surface area (Å²) in [7, 11) is 0. The molecule has 0 N–H and O–H groups in total. The van der Waals surface area contributed by atoms with Crippen LogP contribution in [-0.2, 0) is 0 Å². The zero-order valence-electron chi connectivity index (χ0n) is 10.4. The van der Waals surface area contributed by atoms with Gasteiger partial charge in [0, 0.05) is 0 Å². The number of hydrogen-bond acceptors (Lipinski definition) is 0. The van der Waals surface area contributed by atoms with Crippen molar-refractivity contribution >= 4 is 5.57 Å². The molecule has 0 bridgehead atoms. The zero-order chi connectivity index (χ0) is 11.7. The van der Waals surface area contributed by atoms with Gasteiger partial charge in [-0.05, 0) is 25.0 Å². The summed E-state index contributed by atoms with van der Waals surface area (Å²) >= 11 is 0. The number of benzene rings is 1. The lowest BCUT2D eigenvalue weighted by atomic mass is 10.1. The second kappa shape index (κ2) is 8.05. The van der Waals surface area contributed by atoms with Gasteiger partial charge in [0.15, 0.2) is 0 Å². The van der Waals surface area contributed by atoms with Crippen LogP contribution in [0, 0.1) is 6.92 Å². The van der Waals surface area contributed by atoms with E-state index in [4.69, 9.17) is 0 Å². The summed E-state index contributed by atoms with van der Waals surface area (Å²) in [5, 5.41) is 0. The van der Waals surface area contributed by atoms with Gasteiger partial charge in [-0.25, -0.2) is 0 Å². The Bertz CT molecular complexity index is 301. The Kier molecular flexibility index (Phi) is 7.35. The van der Waals surface area contributed by atoms with E-state index in [2.05, 4.69) is 58.5 Å². The minimum absolute atomic E-state index is 1.25. The molecule has 82 valence electrons. The Morgan fingerprint density at radius 1 is 1.20 bits per heavy atom. The summed E-state index contributed by atoms with van der Waals surface area (Å²) in [5.74, 6) is 0. The molecule has 0 aliphatic carbocycles. The van der Waals surface area contributed by atoms with Gasteiger partial charge in [-0.15, -0.1) is 0 Å². The molecule has 0 amide bonds. The van der Waals surface area contributed by atoms with Crippen molar-refractivity contribution < 1.29 is 0 Å². The van der Waals surface area contributed by atoms with Gasteiger partial charge in [-0.1, -0.05) is 68.8 Å². The zero-order valence-corrected chi connectivity index (χ0v) is 10.4.